The van der Waals surface area contributed by atoms with Gasteiger partial charge in [0.15, 0.2) is 5.96 Å². The van der Waals surface area contributed by atoms with Crippen LogP contribution in [0.15, 0.2) is 23.3 Å². The van der Waals surface area contributed by atoms with Crippen molar-refractivity contribution in [3.63, 3.8) is 0 Å². The molecule has 1 unspecified atom stereocenters. The van der Waals surface area contributed by atoms with Crippen LogP contribution in [0.2, 0.25) is 5.02 Å². The third kappa shape index (κ3) is 5.81. The maximum atomic E-state index is 11.0. The summed E-state index contributed by atoms with van der Waals surface area (Å²) in [6.07, 6.45) is 2.63. The Hall–Kier alpha value is -1.58. The van der Waals surface area contributed by atoms with Gasteiger partial charge in [-0.3, -0.25) is 4.99 Å². The number of nitrogens with two attached hydrogens (primary N) is 1. The second-order valence-electron chi connectivity index (χ2n) is 5.51. The van der Waals surface area contributed by atoms with Crippen molar-refractivity contribution in [1.29, 1.82) is 0 Å². The van der Waals surface area contributed by atoms with Gasteiger partial charge in [-0.25, -0.2) is 18.5 Å². The molecule has 1 aromatic heterocycles. The number of hydrogen-bond donors (Lipinski definition) is 3. The molecule has 0 bridgehead atoms. The number of primary sulfonamides is 1. The Morgan fingerprint density at radius 1 is 1.58 bits per heavy atom. The first-order chi connectivity index (χ1) is 11.4. The van der Waals surface area contributed by atoms with Gasteiger partial charge in [0, 0.05) is 31.9 Å². The number of halogens is 1. The fourth-order valence-corrected chi connectivity index (χ4v) is 3.07. The second kappa shape index (κ2) is 8.50. The van der Waals surface area contributed by atoms with Gasteiger partial charge < -0.3 is 15.5 Å². The van der Waals surface area contributed by atoms with E-state index >= 15 is 0 Å². The second-order valence-corrected chi connectivity index (χ2v) is 7.65. The minimum atomic E-state index is -3.51. The molecule has 1 aliphatic rings. The number of pyridine rings is 1. The molecule has 0 aliphatic carbocycles. The van der Waals surface area contributed by atoms with Crippen molar-refractivity contribution in [2.24, 2.45) is 10.1 Å². The van der Waals surface area contributed by atoms with Crippen LogP contribution in [0.4, 0.5) is 5.82 Å². The highest BCUT2D eigenvalue weighted by Gasteiger charge is 2.25. The van der Waals surface area contributed by atoms with Gasteiger partial charge in [0.2, 0.25) is 10.0 Å². The summed E-state index contributed by atoms with van der Waals surface area (Å²) in [7, 11) is -3.51. The highest BCUT2D eigenvalue weighted by atomic mass is 35.5. The standard InChI is InChI=1S/C14H23ClN6O2S/c1-2-17-14(19-7-9-24(16,22)23)20-11-5-8-21(10-11)13-12(15)4-3-6-18-13/h3-4,6,11H,2,5,7-10H2,1H3,(H2,16,22,23)(H2,17,19,20). The molecule has 0 saturated carbocycles. The summed E-state index contributed by atoms with van der Waals surface area (Å²) < 4.78 is 22.0. The number of rotatable bonds is 6. The lowest BCUT2D eigenvalue weighted by Gasteiger charge is -2.20. The smallest absolute Gasteiger partial charge is 0.210 e. The van der Waals surface area contributed by atoms with Gasteiger partial charge in [-0.05, 0) is 25.5 Å². The van der Waals surface area contributed by atoms with Crippen LogP contribution in [0, 0.1) is 0 Å². The topological polar surface area (TPSA) is 113 Å². The number of nitrogens with zero attached hydrogens (tertiary/aromatic N) is 3. The van der Waals surface area contributed by atoms with Crippen LogP contribution in [-0.2, 0) is 10.0 Å². The van der Waals surface area contributed by atoms with Crippen molar-refractivity contribution in [3.8, 4) is 0 Å². The van der Waals surface area contributed by atoms with E-state index in [1.807, 2.05) is 13.0 Å². The zero-order valence-electron chi connectivity index (χ0n) is 13.6. The number of nitrogens with one attached hydrogen (secondary N) is 2. The largest absolute Gasteiger partial charge is 0.357 e. The molecule has 1 atom stereocenters. The van der Waals surface area contributed by atoms with Crippen LogP contribution in [0.1, 0.15) is 13.3 Å². The fourth-order valence-electron chi connectivity index (χ4n) is 2.48. The molecule has 4 N–H and O–H groups in total. The first kappa shape index (κ1) is 18.8. The quantitative estimate of drug-likeness (QED) is 0.483. The van der Waals surface area contributed by atoms with E-state index in [0.717, 1.165) is 25.3 Å². The maximum absolute atomic E-state index is 11.0. The first-order valence-corrected chi connectivity index (χ1v) is 9.89. The average Bonchev–Trinajstić information content (AvgIpc) is 2.95. The van der Waals surface area contributed by atoms with E-state index in [9.17, 15) is 8.42 Å². The summed E-state index contributed by atoms with van der Waals surface area (Å²) in [5.41, 5.74) is 0. The molecule has 1 aromatic rings. The molecule has 0 spiro atoms. The zero-order chi connectivity index (χ0) is 17.6. The van der Waals surface area contributed by atoms with E-state index in [4.69, 9.17) is 16.7 Å². The van der Waals surface area contributed by atoms with Crippen molar-refractivity contribution in [1.82, 2.24) is 15.6 Å². The van der Waals surface area contributed by atoms with Crippen molar-refractivity contribution in [2.45, 2.75) is 19.4 Å². The minimum absolute atomic E-state index is 0.122. The Labute approximate surface area is 147 Å². The summed E-state index contributed by atoms with van der Waals surface area (Å²) in [6, 6.07) is 3.80. The van der Waals surface area contributed by atoms with E-state index in [1.165, 1.54) is 0 Å². The summed E-state index contributed by atoms with van der Waals surface area (Å²) in [6.45, 7) is 4.34. The van der Waals surface area contributed by atoms with Crippen LogP contribution < -0.4 is 20.7 Å². The Balaban J connectivity index is 1.94. The lowest BCUT2D eigenvalue weighted by atomic mass is 10.3. The Bertz CT molecular complexity index is 682. The highest BCUT2D eigenvalue weighted by molar-refractivity contribution is 7.89. The van der Waals surface area contributed by atoms with Crippen LogP contribution in [0.5, 0.6) is 0 Å². The number of hydrogen-bond acceptors (Lipinski definition) is 5. The molecule has 0 aromatic carbocycles. The molecule has 0 amide bonds. The lowest BCUT2D eigenvalue weighted by molar-refractivity contribution is 0.597. The molecule has 2 rings (SSSR count). The van der Waals surface area contributed by atoms with E-state index in [1.54, 1.807) is 12.3 Å². The molecule has 1 fully saturated rings. The van der Waals surface area contributed by atoms with Crippen molar-refractivity contribution < 1.29 is 8.42 Å². The molecule has 0 radical (unpaired) electrons. The van der Waals surface area contributed by atoms with Gasteiger partial charge >= 0.3 is 0 Å². The van der Waals surface area contributed by atoms with E-state index < -0.39 is 10.0 Å². The van der Waals surface area contributed by atoms with Crippen LogP contribution in [0.25, 0.3) is 0 Å². The normalized spacial score (nSPS) is 18.7. The van der Waals surface area contributed by atoms with Gasteiger partial charge in [-0.1, -0.05) is 11.6 Å². The highest BCUT2D eigenvalue weighted by Crippen LogP contribution is 2.25. The molecular formula is C14H23ClN6O2S. The minimum Gasteiger partial charge on any atom is -0.357 e. The monoisotopic (exact) mass is 374 g/mol. The summed E-state index contributed by atoms with van der Waals surface area (Å²) in [5, 5.41) is 12.0. The van der Waals surface area contributed by atoms with E-state index in [2.05, 4.69) is 25.5 Å². The van der Waals surface area contributed by atoms with Crippen LogP contribution in [-0.4, -0.2) is 57.3 Å². The van der Waals surface area contributed by atoms with Crippen molar-refractivity contribution in [2.75, 3.05) is 36.8 Å². The molecule has 8 nitrogen and oxygen atoms in total. The third-order valence-corrected chi connectivity index (χ3v) is 4.60. The van der Waals surface area contributed by atoms with Gasteiger partial charge in [0.25, 0.3) is 0 Å². The number of sulfonamides is 1. The zero-order valence-corrected chi connectivity index (χ0v) is 15.1. The summed E-state index contributed by atoms with van der Waals surface area (Å²) >= 11 is 6.19. The maximum Gasteiger partial charge on any atom is 0.210 e. The predicted molar refractivity (Wildman–Crippen MR) is 97.0 cm³/mol. The SMILES string of the molecule is CCNC(=NCCS(N)(=O)=O)NC1CCN(c2ncccc2Cl)C1. The molecule has 2 heterocycles. The number of guanidine groups is 1. The molecular weight excluding hydrogens is 352 g/mol. The van der Waals surface area contributed by atoms with E-state index in [-0.39, 0.29) is 18.3 Å². The predicted octanol–water partition coefficient (Wildman–Crippen LogP) is 0.157. The van der Waals surface area contributed by atoms with Crippen LogP contribution in [0.3, 0.4) is 0 Å². The fraction of sp³-hybridized carbons (Fsp3) is 0.571. The average molecular weight is 375 g/mol. The Kier molecular flexibility index (Phi) is 6.64. The van der Waals surface area contributed by atoms with Crippen molar-refractivity contribution >= 4 is 33.4 Å². The van der Waals surface area contributed by atoms with Crippen LogP contribution >= 0.6 is 11.6 Å². The molecule has 1 aliphatic heterocycles. The number of aromatic nitrogens is 1. The Morgan fingerprint density at radius 2 is 2.38 bits per heavy atom. The van der Waals surface area contributed by atoms with Gasteiger partial charge in [-0.2, -0.15) is 0 Å². The van der Waals surface area contributed by atoms with E-state index in [0.29, 0.717) is 17.5 Å². The third-order valence-electron chi connectivity index (χ3n) is 3.56. The van der Waals surface area contributed by atoms with Crippen molar-refractivity contribution in [3.05, 3.63) is 23.4 Å². The molecule has 10 heteroatoms. The number of aliphatic imine (C=N–C) groups is 1. The Morgan fingerprint density at radius 3 is 3.04 bits per heavy atom. The summed E-state index contributed by atoms with van der Waals surface area (Å²) in [5.74, 6) is 1.18. The van der Waals surface area contributed by atoms with Gasteiger partial charge in [-0.15, -0.1) is 0 Å². The first-order valence-electron chi connectivity index (χ1n) is 7.80. The van der Waals surface area contributed by atoms with Gasteiger partial charge in [0.05, 0.1) is 17.3 Å². The summed E-state index contributed by atoms with van der Waals surface area (Å²) in [4.78, 5) is 10.7. The molecule has 134 valence electrons. The molecule has 24 heavy (non-hydrogen) atoms. The lowest BCUT2D eigenvalue weighted by Crippen LogP contribution is -2.45. The van der Waals surface area contributed by atoms with Gasteiger partial charge in [0.1, 0.15) is 5.82 Å². The molecule has 1 saturated heterocycles. The number of anilines is 1.